The number of ether oxygens (including phenoxy) is 1. The Hall–Kier alpha value is -2.75. The summed E-state index contributed by atoms with van der Waals surface area (Å²) in [5.41, 5.74) is 4.51. The van der Waals surface area contributed by atoms with Gasteiger partial charge in [-0.05, 0) is 72.8 Å². The fourth-order valence-corrected chi connectivity index (χ4v) is 6.48. The number of aromatic nitrogens is 1. The van der Waals surface area contributed by atoms with Crippen LogP contribution in [-0.4, -0.2) is 23.6 Å². The van der Waals surface area contributed by atoms with Crippen LogP contribution in [0.2, 0.25) is 0 Å². The van der Waals surface area contributed by atoms with Crippen LogP contribution in [0.15, 0.2) is 48.5 Å². The summed E-state index contributed by atoms with van der Waals surface area (Å²) in [7, 11) is 1.68. The predicted molar refractivity (Wildman–Crippen MR) is 129 cm³/mol. The van der Waals surface area contributed by atoms with Crippen molar-refractivity contribution >= 4 is 16.8 Å². The standard InChI is InChI=1S/C28H34N2O2/c1-18-6-8-19(9-7-18)17-30-23-11-10-22(32-5)14-20(23)15-24(30)25(31)29-26-27(2,3)21-12-13-28(26,4)16-21/h6-11,14-15,21,26H,12-13,16-17H2,1-5H3,(H,29,31)/t21?,26?,28-/m1/s1. The number of methoxy groups -OCH3 is 1. The Balaban J connectivity index is 1.53. The molecule has 2 saturated carbocycles. The van der Waals surface area contributed by atoms with E-state index < -0.39 is 0 Å². The normalized spacial score (nSPS) is 25.9. The van der Waals surface area contributed by atoms with E-state index in [2.05, 4.69) is 67.9 Å². The number of hydrogen-bond donors (Lipinski definition) is 1. The van der Waals surface area contributed by atoms with E-state index in [1.165, 1.54) is 30.4 Å². The van der Waals surface area contributed by atoms with Gasteiger partial charge in [0.2, 0.25) is 0 Å². The zero-order valence-corrected chi connectivity index (χ0v) is 19.9. The number of rotatable bonds is 5. The summed E-state index contributed by atoms with van der Waals surface area (Å²) in [6.45, 7) is 9.78. The number of amides is 1. The van der Waals surface area contributed by atoms with Crippen LogP contribution in [0.3, 0.4) is 0 Å². The summed E-state index contributed by atoms with van der Waals surface area (Å²) in [6, 6.07) is 16.8. The van der Waals surface area contributed by atoms with E-state index >= 15 is 0 Å². The van der Waals surface area contributed by atoms with Crippen molar-refractivity contribution in [2.75, 3.05) is 7.11 Å². The van der Waals surface area contributed by atoms with Crippen LogP contribution in [0.5, 0.6) is 5.75 Å². The van der Waals surface area contributed by atoms with Crippen molar-refractivity contribution in [3.63, 3.8) is 0 Å². The van der Waals surface area contributed by atoms with E-state index in [1.54, 1.807) is 7.11 Å². The number of carbonyl (C=O) groups excluding carboxylic acids is 1. The van der Waals surface area contributed by atoms with Crippen molar-refractivity contribution in [3.05, 3.63) is 65.4 Å². The Bertz CT molecular complexity index is 1170. The molecule has 2 aliphatic carbocycles. The van der Waals surface area contributed by atoms with Gasteiger partial charge in [0.1, 0.15) is 11.4 Å². The largest absolute Gasteiger partial charge is 0.497 e. The quantitative estimate of drug-likeness (QED) is 0.543. The molecule has 2 unspecified atom stereocenters. The van der Waals surface area contributed by atoms with Crippen LogP contribution < -0.4 is 10.1 Å². The van der Waals surface area contributed by atoms with Gasteiger partial charge in [-0.25, -0.2) is 0 Å². The van der Waals surface area contributed by atoms with Crippen LogP contribution in [0.1, 0.15) is 61.6 Å². The van der Waals surface area contributed by atoms with Gasteiger partial charge in [-0.1, -0.05) is 50.6 Å². The van der Waals surface area contributed by atoms with Gasteiger partial charge in [0.15, 0.2) is 0 Å². The van der Waals surface area contributed by atoms with Gasteiger partial charge in [-0.15, -0.1) is 0 Å². The predicted octanol–water partition coefficient (Wildman–Crippen LogP) is 5.95. The lowest BCUT2D eigenvalue weighted by molar-refractivity contribution is 0.0730. The molecule has 32 heavy (non-hydrogen) atoms. The fourth-order valence-electron chi connectivity index (χ4n) is 6.48. The molecule has 0 aliphatic heterocycles. The molecule has 1 N–H and O–H groups in total. The third kappa shape index (κ3) is 3.32. The number of benzene rings is 2. The lowest BCUT2D eigenvalue weighted by Gasteiger charge is -2.43. The van der Waals surface area contributed by atoms with E-state index in [0.717, 1.165) is 22.3 Å². The molecule has 2 bridgehead atoms. The molecule has 4 heteroatoms. The summed E-state index contributed by atoms with van der Waals surface area (Å²) >= 11 is 0. The molecule has 1 heterocycles. The minimum atomic E-state index is 0.0270. The molecule has 0 saturated heterocycles. The van der Waals surface area contributed by atoms with Gasteiger partial charge >= 0.3 is 0 Å². The first-order valence-corrected chi connectivity index (χ1v) is 11.7. The number of aryl methyl sites for hydroxylation is 1. The maximum absolute atomic E-state index is 13.7. The lowest BCUT2D eigenvalue weighted by Crippen LogP contribution is -2.52. The van der Waals surface area contributed by atoms with Gasteiger partial charge in [0.25, 0.3) is 5.91 Å². The topological polar surface area (TPSA) is 43.3 Å². The SMILES string of the molecule is COc1ccc2c(c1)cc(C(=O)NC1C(C)(C)C3CC[C@]1(C)C3)n2Cc1ccc(C)cc1. The molecule has 3 atom stereocenters. The summed E-state index contributed by atoms with van der Waals surface area (Å²) in [5, 5.41) is 4.52. The monoisotopic (exact) mass is 430 g/mol. The minimum absolute atomic E-state index is 0.0270. The van der Waals surface area contributed by atoms with Crippen molar-refractivity contribution in [3.8, 4) is 5.75 Å². The smallest absolute Gasteiger partial charge is 0.268 e. The molecule has 2 aliphatic rings. The third-order valence-electron chi connectivity index (χ3n) is 8.35. The molecule has 0 radical (unpaired) electrons. The molecular formula is C28H34N2O2. The molecule has 2 aromatic carbocycles. The maximum Gasteiger partial charge on any atom is 0.268 e. The molecule has 5 rings (SSSR count). The second-order valence-electron chi connectivity index (χ2n) is 10.8. The van der Waals surface area contributed by atoms with Crippen LogP contribution in [0, 0.1) is 23.7 Å². The average molecular weight is 431 g/mol. The van der Waals surface area contributed by atoms with Gasteiger partial charge in [0, 0.05) is 23.5 Å². The zero-order valence-electron chi connectivity index (χ0n) is 19.9. The number of carbonyl (C=O) groups is 1. The lowest BCUT2D eigenvalue weighted by atomic mass is 9.68. The first-order chi connectivity index (χ1) is 15.2. The highest BCUT2D eigenvalue weighted by atomic mass is 16.5. The number of nitrogens with one attached hydrogen (secondary N) is 1. The molecule has 2 fully saturated rings. The summed E-state index contributed by atoms with van der Waals surface area (Å²) in [5.74, 6) is 1.53. The first-order valence-electron chi connectivity index (χ1n) is 11.7. The highest BCUT2D eigenvalue weighted by Gasteiger charge is 2.59. The maximum atomic E-state index is 13.7. The molecule has 4 nitrogen and oxygen atoms in total. The van der Waals surface area contributed by atoms with Gasteiger partial charge in [-0.2, -0.15) is 0 Å². The van der Waals surface area contributed by atoms with Crippen LogP contribution in [-0.2, 0) is 6.54 Å². The molecule has 168 valence electrons. The van der Waals surface area contributed by atoms with Crippen molar-refractivity contribution in [1.29, 1.82) is 0 Å². The Kier molecular flexibility index (Phi) is 4.88. The fraction of sp³-hybridized carbons (Fsp3) is 0.464. The van der Waals surface area contributed by atoms with E-state index in [0.29, 0.717) is 12.5 Å². The van der Waals surface area contributed by atoms with Gasteiger partial charge < -0.3 is 14.6 Å². The highest BCUT2D eigenvalue weighted by molar-refractivity contribution is 5.99. The molecular weight excluding hydrogens is 396 g/mol. The van der Waals surface area contributed by atoms with Crippen molar-refractivity contribution in [1.82, 2.24) is 9.88 Å². The molecule has 0 spiro atoms. The van der Waals surface area contributed by atoms with Gasteiger partial charge in [0.05, 0.1) is 7.11 Å². The summed E-state index contributed by atoms with van der Waals surface area (Å²) < 4.78 is 7.59. The Morgan fingerprint density at radius 2 is 1.88 bits per heavy atom. The van der Waals surface area contributed by atoms with E-state index in [9.17, 15) is 4.79 Å². The van der Waals surface area contributed by atoms with E-state index in [1.807, 2.05) is 18.2 Å². The number of hydrogen-bond acceptors (Lipinski definition) is 2. The third-order valence-corrected chi connectivity index (χ3v) is 8.35. The first kappa shape index (κ1) is 21.1. The Labute approximate surface area is 191 Å². The van der Waals surface area contributed by atoms with Crippen molar-refractivity contribution < 1.29 is 9.53 Å². The molecule has 1 aromatic heterocycles. The second-order valence-corrected chi connectivity index (χ2v) is 10.8. The van der Waals surface area contributed by atoms with E-state index in [-0.39, 0.29) is 22.8 Å². The van der Waals surface area contributed by atoms with Crippen LogP contribution in [0.25, 0.3) is 10.9 Å². The highest BCUT2D eigenvalue weighted by Crippen LogP contribution is 2.62. The van der Waals surface area contributed by atoms with Crippen LogP contribution in [0.4, 0.5) is 0 Å². The van der Waals surface area contributed by atoms with Gasteiger partial charge in [-0.3, -0.25) is 4.79 Å². The average Bonchev–Trinajstić information content (AvgIpc) is 3.39. The minimum Gasteiger partial charge on any atom is -0.497 e. The Morgan fingerprint density at radius 1 is 1.12 bits per heavy atom. The van der Waals surface area contributed by atoms with Crippen molar-refractivity contribution in [2.45, 2.75) is 59.5 Å². The Morgan fingerprint density at radius 3 is 2.53 bits per heavy atom. The summed E-state index contributed by atoms with van der Waals surface area (Å²) in [4.78, 5) is 13.7. The summed E-state index contributed by atoms with van der Waals surface area (Å²) in [6.07, 6.45) is 3.70. The number of fused-ring (bicyclic) bond motifs is 3. The van der Waals surface area contributed by atoms with Crippen molar-refractivity contribution in [2.24, 2.45) is 16.7 Å². The van der Waals surface area contributed by atoms with E-state index in [4.69, 9.17) is 4.74 Å². The molecule has 1 amide bonds. The second kappa shape index (κ2) is 7.40. The van der Waals surface area contributed by atoms with Crippen LogP contribution >= 0.6 is 0 Å². The molecule has 3 aromatic rings. The zero-order chi connectivity index (χ0) is 22.7. The number of nitrogens with zero attached hydrogens (tertiary/aromatic N) is 1.